The number of para-hydroxylation sites is 1. The predicted molar refractivity (Wildman–Crippen MR) is 103 cm³/mol. The first-order valence-electron chi connectivity index (χ1n) is 9.87. The molecule has 1 amide bonds. The molecule has 3 aromatic rings. The summed E-state index contributed by atoms with van der Waals surface area (Å²) < 4.78 is 44.1. The van der Waals surface area contributed by atoms with Crippen LogP contribution < -0.4 is 4.74 Å². The highest BCUT2D eigenvalue weighted by Crippen LogP contribution is 2.41. The minimum Gasteiger partial charge on any atom is -0.472 e. The standard InChI is InChI=1S/C21H18F3N5O2/c22-21(23,24)14-5-6-19(25-11-14)31-18-10-13-9-17(18)28(12-13)20(30)15-3-1-2-4-16(15)29-26-7-8-27-29/h1-8,11,13,17-18H,9-10,12H2/t13-,17+,18-/m1/s1. The molecule has 1 saturated carbocycles. The fraction of sp³-hybridized carbons (Fsp3) is 0.333. The van der Waals surface area contributed by atoms with Gasteiger partial charge in [0.1, 0.15) is 6.10 Å². The van der Waals surface area contributed by atoms with Gasteiger partial charge in [0.2, 0.25) is 5.88 Å². The highest BCUT2D eigenvalue weighted by atomic mass is 19.4. The number of piperidine rings is 1. The molecule has 0 spiro atoms. The smallest absolute Gasteiger partial charge is 0.417 e. The summed E-state index contributed by atoms with van der Waals surface area (Å²) in [5.74, 6) is 0.261. The topological polar surface area (TPSA) is 73.1 Å². The second-order valence-electron chi connectivity index (χ2n) is 7.74. The zero-order chi connectivity index (χ0) is 21.6. The summed E-state index contributed by atoms with van der Waals surface area (Å²) in [4.78, 5) is 20.4. The van der Waals surface area contributed by atoms with E-state index < -0.39 is 11.7 Å². The van der Waals surface area contributed by atoms with Crippen LogP contribution >= 0.6 is 0 Å². The molecule has 2 fully saturated rings. The van der Waals surface area contributed by atoms with Gasteiger partial charge >= 0.3 is 6.18 Å². The van der Waals surface area contributed by atoms with Crippen molar-refractivity contribution in [1.29, 1.82) is 0 Å². The summed E-state index contributed by atoms with van der Waals surface area (Å²) in [5, 5.41) is 8.24. The minimum atomic E-state index is -4.45. The molecular weight excluding hydrogens is 411 g/mol. The van der Waals surface area contributed by atoms with Crippen molar-refractivity contribution >= 4 is 5.91 Å². The van der Waals surface area contributed by atoms with Crippen molar-refractivity contribution in [2.24, 2.45) is 5.92 Å². The summed E-state index contributed by atoms with van der Waals surface area (Å²) in [6, 6.07) is 9.12. The van der Waals surface area contributed by atoms with Crippen LogP contribution in [0.2, 0.25) is 0 Å². The second-order valence-corrected chi connectivity index (χ2v) is 7.74. The Labute approximate surface area is 175 Å². The maximum atomic E-state index is 13.4. The maximum absolute atomic E-state index is 13.4. The molecule has 1 saturated heterocycles. The monoisotopic (exact) mass is 429 g/mol. The minimum absolute atomic E-state index is 0.124. The normalized spacial score (nSPS) is 22.7. The molecule has 160 valence electrons. The fourth-order valence-corrected chi connectivity index (χ4v) is 4.42. The lowest BCUT2D eigenvalue weighted by Gasteiger charge is -2.33. The van der Waals surface area contributed by atoms with E-state index in [-0.39, 0.29) is 29.9 Å². The van der Waals surface area contributed by atoms with Gasteiger partial charge in [-0.15, -0.1) is 0 Å². The lowest BCUT2D eigenvalue weighted by molar-refractivity contribution is -0.137. The number of hydrogen-bond donors (Lipinski definition) is 0. The average molecular weight is 429 g/mol. The van der Waals surface area contributed by atoms with E-state index in [1.165, 1.54) is 10.9 Å². The van der Waals surface area contributed by atoms with Crippen LogP contribution in [-0.2, 0) is 6.18 Å². The molecule has 3 heterocycles. The number of fused-ring (bicyclic) bond motifs is 2. The van der Waals surface area contributed by atoms with Crippen molar-refractivity contribution < 1.29 is 22.7 Å². The fourth-order valence-electron chi connectivity index (χ4n) is 4.42. The van der Waals surface area contributed by atoms with Crippen LogP contribution in [0.25, 0.3) is 5.69 Å². The van der Waals surface area contributed by atoms with Gasteiger partial charge in [-0.25, -0.2) is 4.98 Å². The van der Waals surface area contributed by atoms with Crippen LogP contribution in [0.1, 0.15) is 28.8 Å². The SMILES string of the molecule is O=C(c1ccccc1-n1nccn1)N1C[C@H]2C[C@@H](Oc3ccc(C(F)(F)F)cn3)[C@@H]1C2. The number of halogens is 3. The number of likely N-dealkylation sites (tertiary alicyclic amines) is 1. The van der Waals surface area contributed by atoms with Gasteiger partial charge in [-0.2, -0.15) is 28.2 Å². The summed E-state index contributed by atoms with van der Waals surface area (Å²) in [6.45, 7) is 0.616. The molecular formula is C21H18F3N5O2. The number of hydrogen-bond acceptors (Lipinski definition) is 5. The van der Waals surface area contributed by atoms with Gasteiger partial charge in [0, 0.05) is 18.8 Å². The van der Waals surface area contributed by atoms with Crippen LogP contribution in [0.5, 0.6) is 5.88 Å². The number of nitrogens with zero attached hydrogens (tertiary/aromatic N) is 5. The third kappa shape index (κ3) is 3.62. The molecule has 1 aliphatic carbocycles. The number of benzene rings is 1. The Morgan fingerprint density at radius 1 is 1.06 bits per heavy atom. The maximum Gasteiger partial charge on any atom is 0.417 e. The second kappa shape index (κ2) is 7.36. The Morgan fingerprint density at radius 2 is 1.84 bits per heavy atom. The molecule has 7 nitrogen and oxygen atoms in total. The van der Waals surface area contributed by atoms with Gasteiger partial charge in [0.25, 0.3) is 5.91 Å². The number of pyridine rings is 1. The average Bonchev–Trinajstić information content (AvgIpc) is 3.50. The number of amides is 1. The van der Waals surface area contributed by atoms with Crippen LogP contribution in [0.3, 0.4) is 0 Å². The molecule has 0 N–H and O–H groups in total. The molecule has 10 heteroatoms. The molecule has 0 unspecified atom stereocenters. The molecule has 2 bridgehead atoms. The van der Waals surface area contributed by atoms with Crippen molar-refractivity contribution in [3.8, 4) is 11.6 Å². The van der Waals surface area contributed by atoms with E-state index in [9.17, 15) is 18.0 Å². The summed E-state index contributed by atoms with van der Waals surface area (Å²) >= 11 is 0. The van der Waals surface area contributed by atoms with E-state index >= 15 is 0 Å². The van der Waals surface area contributed by atoms with E-state index in [0.29, 0.717) is 17.8 Å². The third-order valence-electron chi connectivity index (χ3n) is 5.79. The summed E-state index contributed by atoms with van der Waals surface area (Å²) in [6.07, 6.45) is 0.608. The van der Waals surface area contributed by atoms with Gasteiger partial charge < -0.3 is 9.64 Å². The lowest BCUT2D eigenvalue weighted by Crippen LogP contribution is -2.47. The van der Waals surface area contributed by atoms with Crippen LogP contribution in [-0.4, -0.2) is 49.5 Å². The van der Waals surface area contributed by atoms with Gasteiger partial charge in [-0.3, -0.25) is 4.79 Å². The molecule has 2 aromatic heterocycles. The Bertz CT molecular complexity index is 1090. The van der Waals surface area contributed by atoms with Gasteiger partial charge in [0.05, 0.1) is 35.2 Å². The molecule has 3 atom stereocenters. The Kier molecular flexibility index (Phi) is 4.64. The molecule has 1 aromatic carbocycles. The predicted octanol–water partition coefficient (Wildman–Crippen LogP) is 3.36. The van der Waals surface area contributed by atoms with Crippen molar-refractivity contribution in [3.63, 3.8) is 0 Å². The zero-order valence-electron chi connectivity index (χ0n) is 16.2. The number of carbonyl (C=O) groups excluding carboxylic acids is 1. The number of alkyl halides is 3. The summed E-state index contributed by atoms with van der Waals surface area (Å²) in [5.41, 5.74) is 0.244. The van der Waals surface area contributed by atoms with Crippen molar-refractivity contribution in [2.45, 2.75) is 31.2 Å². The third-order valence-corrected chi connectivity index (χ3v) is 5.79. The van der Waals surface area contributed by atoms with Crippen LogP contribution in [0.4, 0.5) is 13.2 Å². The number of carbonyl (C=O) groups is 1. The largest absolute Gasteiger partial charge is 0.472 e. The number of aromatic nitrogens is 4. The summed E-state index contributed by atoms with van der Waals surface area (Å²) in [7, 11) is 0. The van der Waals surface area contributed by atoms with Gasteiger partial charge in [-0.1, -0.05) is 12.1 Å². The van der Waals surface area contributed by atoms with Crippen LogP contribution in [0, 0.1) is 5.92 Å². The Morgan fingerprint density at radius 3 is 2.52 bits per heavy atom. The lowest BCUT2D eigenvalue weighted by atomic mass is 10.1. The first kappa shape index (κ1) is 19.5. The Balaban J connectivity index is 1.35. The molecule has 0 radical (unpaired) electrons. The molecule has 31 heavy (non-hydrogen) atoms. The zero-order valence-corrected chi connectivity index (χ0v) is 16.2. The van der Waals surface area contributed by atoms with Crippen molar-refractivity contribution in [1.82, 2.24) is 24.9 Å². The Hall–Kier alpha value is -3.43. The van der Waals surface area contributed by atoms with Crippen molar-refractivity contribution in [2.75, 3.05) is 6.54 Å². The molecule has 5 rings (SSSR count). The van der Waals surface area contributed by atoms with E-state index in [1.54, 1.807) is 35.5 Å². The molecule has 1 aliphatic heterocycles. The highest BCUT2D eigenvalue weighted by molar-refractivity contribution is 5.98. The van der Waals surface area contributed by atoms with E-state index in [0.717, 1.165) is 25.1 Å². The van der Waals surface area contributed by atoms with Crippen LogP contribution in [0.15, 0.2) is 55.0 Å². The van der Waals surface area contributed by atoms with Gasteiger partial charge in [0.15, 0.2) is 0 Å². The first-order valence-corrected chi connectivity index (χ1v) is 9.87. The van der Waals surface area contributed by atoms with Gasteiger partial charge in [-0.05, 0) is 37.0 Å². The molecule has 2 aliphatic rings. The van der Waals surface area contributed by atoms with E-state index in [4.69, 9.17) is 4.74 Å². The van der Waals surface area contributed by atoms with E-state index in [1.807, 2.05) is 6.07 Å². The number of rotatable bonds is 4. The van der Waals surface area contributed by atoms with Crippen molar-refractivity contribution in [3.05, 3.63) is 66.1 Å². The number of ether oxygens (including phenoxy) is 1. The quantitative estimate of drug-likeness (QED) is 0.636. The van der Waals surface area contributed by atoms with E-state index in [2.05, 4.69) is 15.2 Å². The first-order chi connectivity index (χ1) is 14.9. The highest BCUT2D eigenvalue weighted by Gasteiger charge is 2.48.